The fourth-order valence-corrected chi connectivity index (χ4v) is 3.92. The van der Waals surface area contributed by atoms with E-state index < -0.39 is 30.0 Å². The topological polar surface area (TPSA) is 103 Å². The molecule has 212 valence electrons. The van der Waals surface area contributed by atoms with E-state index in [4.69, 9.17) is 9.84 Å². The second-order valence-corrected chi connectivity index (χ2v) is 8.78. The van der Waals surface area contributed by atoms with Crippen LogP contribution >= 0.6 is 0 Å². The number of carboxylic acids is 1. The minimum Gasteiger partial charge on any atom is -0.478 e. The van der Waals surface area contributed by atoms with Crippen molar-refractivity contribution in [3.8, 4) is 23.1 Å². The Hall–Kier alpha value is -5.14. The molecule has 1 aliphatic heterocycles. The highest BCUT2D eigenvalue weighted by atomic mass is 19.4. The van der Waals surface area contributed by atoms with Gasteiger partial charge < -0.3 is 24.2 Å². The zero-order chi connectivity index (χ0) is 29.5. The van der Waals surface area contributed by atoms with E-state index in [1.54, 1.807) is 0 Å². The standard InChI is InChI=1S/C27H18F5N3O6/c1-34(18-9-10-20-21(12-18)41-27(31,32)40-20)24(36)17-3-2-4-19(11-17)35-23(13-22(33-35)26(28,29)30)39-14-15-5-7-16(8-6-15)25(37)38/h2-13H,14H2,1H3,(H,37,38). The van der Waals surface area contributed by atoms with Gasteiger partial charge in [0.15, 0.2) is 17.2 Å². The smallest absolute Gasteiger partial charge is 0.478 e. The first-order valence-corrected chi connectivity index (χ1v) is 11.7. The Morgan fingerprint density at radius 3 is 2.37 bits per heavy atom. The molecule has 1 aliphatic rings. The van der Waals surface area contributed by atoms with Crippen molar-refractivity contribution in [1.29, 1.82) is 0 Å². The summed E-state index contributed by atoms with van der Waals surface area (Å²) < 4.78 is 82.5. The molecular formula is C27H18F5N3O6. The zero-order valence-electron chi connectivity index (χ0n) is 20.9. The number of aromatic carboxylic acids is 1. The summed E-state index contributed by atoms with van der Waals surface area (Å²) in [7, 11) is 1.38. The maximum atomic E-state index is 13.5. The van der Waals surface area contributed by atoms with Crippen LogP contribution < -0.4 is 19.1 Å². The van der Waals surface area contributed by atoms with Crippen LogP contribution in [0.1, 0.15) is 32.0 Å². The van der Waals surface area contributed by atoms with Crippen LogP contribution in [0.5, 0.6) is 17.4 Å². The van der Waals surface area contributed by atoms with Crippen LogP contribution in [0.4, 0.5) is 27.6 Å². The van der Waals surface area contributed by atoms with Crippen LogP contribution in [-0.4, -0.2) is 40.1 Å². The molecule has 0 saturated carbocycles. The molecule has 0 fully saturated rings. The summed E-state index contributed by atoms with van der Waals surface area (Å²) in [5.41, 5.74) is -0.406. The molecule has 0 saturated heterocycles. The lowest BCUT2D eigenvalue weighted by atomic mass is 10.1. The third kappa shape index (κ3) is 5.76. The summed E-state index contributed by atoms with van der Waals surface area (Å²) in [4.78, 5) is 25.4. The second-order valence-electron chi connectivity index (χ2n) is 8.78. The minimum absolute atomic E-state index is 0.0308. The Morgan fingerprint density at radius 1 is 0.976 bits per heavy atom. The molecule has 0 spiro atoms. The van der Waals surface area contributed by atoms with E-state index in [0.717, 1.165) is 9.58 Å². The van der Waals surface area contributed by atoms with Crippen LogP contribution in [0, 0.1) is 0 Å². The largest absolute Gasteiger partial charge is 0.586 e. The second kappa shape index (κ2) is 10.1. The zero-order valence-corrected chi connectivity index (χ0v) is 20.9. The highest BCUT2D eigenvalue weighted by Gasteiger charge is 2.43. The Labute approximate surface area is 227 Å². The molecule has 4 aromatic rings. The molecule has 1 N–H and O–H groups in total. The van der Waals surface area contributed by atoms with Crippen molar-refractivity contribution in [3.05, 3.63) is 95.2 Å². The van der Waals surface area contributed by atoms with Crippen LogP contribution in [0.2, 0.25) is 0 Å². The van der Waals surface area contributed by atoms with E-state index in [-0.39, 0.29) is 46.5 Å². The molecule has 0 aliphatic carbocycles. The fourth-order valence-electron chi connectivity index (χ4n) is 3.92. The molecular weight excluding hydrogens is 557 g/mol. The molecule has 2 heterocycles. The molecule has 0 atom stereocenters. The molecule has 5 rings (SSSR count). The summed E-state index contributed by atoms with van der Waals surface area (Å²) >= 11 is 0. The molecule has 41 heavy (non-hydrogen) atoms. The highest BCUT2D eigenvalue weighted by molar-refractivity contribution is 6.06. The quantitative estimate of drug-likeness (QED) is 0.279. The average Bonchev–Trinajstić information content (AvgIpc) is 3.50. The Balaban J connectivity index is 1.41. The number of benzene rings is 3. The van der Waals surface area contributed by atoms with Gasteiger partial charge in [-0.15, -0.1) is 8.78 Å². The van der Waals surface area contributed by atoms with E-state index in [0.29, 0.717) is 11.6 Å². The third-order valence-electron chi connectivity index (χ3n) is 5.97. The number of ether oxygens (including phenoxy) is 3. The van der Waals surface area contributed by atoms with Crippen LogP contribution in [-0.2, 0) is 12.8 Å². The number of carbonyl (C=O) groups excluding carboxylic acids is 1. The number of alkyl halides is 5. The van der Waals surface area contributed by atoms with Gasteiger partial charge >= 0.3 is 18.4 Å². The van der Waals surface area contributed by atoms with Gasteiger partial charge in [0.25, 0.3) is 5.91 Å². The first-order valence-electron chi connectivity index (χ1n) is 11.7. The van der Waals surface area contributed by atoms with Crippen molar-refractivity contribution in [1.82, 2.24) is 9.78 Å². The van der Waals surface area contributed by atoms with E-state index in [9.17, 15) is 31.5 Å². The van der Waals surface area contributed by atoms with E-state index in [1.165, 1.54) is 73.8 Å². The van der Waals surface area contributed by atoms with E-state index in [1.807, 2.05) is 0 Å². The lowest BCUT2D eigenvalue weighted by Gasteiger charge is -2.18. The van der Waals surface area contributed by atoms with Gasteiger partial charge in [-0.05, 0) is 48.0 Å². The molecule has 0 radical (unpaired) electrons. The fraction of sp³-hybridized carbons (Fsp3) is 0.148. The van der Waals surface area contributed by atoms with Gasteiger partial charge in [-0.3, -0.25) is 4.79 Å². The SMILES string of the molecule is CN(C(=O)c1cccc(-n2nc(C(F)(F)F)cc2OCc2ccc(C(=O)O)cc2)c1)c1ccc2c(c1)OC(F)(F)O2. The number of carbonyl (C=O) groups is 2. The summed E-state index contributed by atoms with van der Waals surface area (Å²) in [6.07, 6.45) is -8.63. The number of hydrogen-bond acceptors (Lipinski definition) is 6. The van der Waals surface area contributed by atoms with Crippen molar-refractivity contribution in [3.63, 3.8) is 0 Å². The van der Waals surface area contributed by atoms with Gasteiger partial charge in [0.05, 0.1) is 11.3 Å². The summed E-state index contributed by atoms with van der Waals surface area (Å²) in [5, 5.41) is 12.6. The molecule has 3 aromatic carbocycles. The number of rotatable bonds is 7. The molecule has 1 aromatic heterocycles. The maximum absolute atomic E-state index is 13.5. The van der Waals surface area contributed by atoms with Gasteiger partial charge in [-0.1, -0.05) is 18.2 Å². The maximum Gasteiger partial charge on any atom is 0.586 e. The van der Waals surface area contributed by atoms with Crippen LogP contribution in [0.15, 0.2) is 72.8 Å². The average molecular weight is 575 g/mol. The Kier molecular flexibility index (Phi) is 6.77. The summed E-state index contributed by atoms with van der Waals surface area (Å²) in [6, 6.07) is 15.6. The van der Waals surface area contributed by atoms with Crippen LogP contribution in [0.3, 0.4) is 0 Å². The van der Waals surface area contributed by atoms with Gasteiger partial charge in [0, 0.05) is 30.4 Å². The molecule has 1 amide bonds. The first kappa shape index (κ1) is 27.4. The van der Waals surface area contributed by atoms with E-state index in [2.05, 4.69) is 14.6 Å². The predicted molar refractivity (Wildman–Crippen MR) is 132 cm³/mol. The highest BCUT2D eigenvalue weighted by Crippen LogP contribution is 2.43. The number of fused-ring (bicyclic) bond motifs is 1. The summed E-state index contributed by atoms with van der Waals surface area (Å²) in [6.45, 7) is -0.201. The van der Waals surface area contributed by atoms with E-state index >= 15 is 0 Å². The van der Waals surface area contributed by atoms with Crippen LogP contribution in [0.25, 0.3) is 5.69 Å². The third-order valence-corrected chi connectivity index (χ3v) is 5.97. The number of nitrogens with zero attached hydrogens (tertiary/aromatic N) is 3. The lowest BCUT2D eigenvalue weighted by Crippen LogP contribution is -2.26. The summed E-state index contributed by atoms with van der Waals surface area (Å²) in [5.74, 6) is -2.50. The first-order chi connectivity index (χ1) is 19.3. The Morgan fingerprint density at radius 2 is 1.68 bits per heavy atom. The minimum atomic E-state index is -4.80. The number of anilines is 1. The van der Waals surface area contributed by atoms with Crippen molar-refractivity contribution in [2.45, 2.75) is 19.1 Å². The lowest BCUT2D eigenvalue weighted by molar-refractivity contribution is -0.286. The van der Waals surface area contributed by atoms with Gasteiger partial charge in [-0.2, -0.15) is 18.3 Å². The monoisotopic (exact) mass is 575 g/mol. The number of aromatic nitrogens is 2. The number of carboxylic acid groups (broad SMARTS) is 1. The Bertz CT molecular complexity index is 1640. The van der Waals surface area contributed by atoms with Crippen molar-refractivity contribution in [2.24, 2.45) is 0 Å². The van der Waals surface area contributed by atoms with Crippen molar-refractivity contribution < 1.29 is 50.9 Å². The normalized spacial score (nSPS) is 13.6. The molecule has 14 heteroatoms. The van der Waals surface area contributed by atoms with Gasteiger partial charge in [0.2, 0.25) is 5.88 Å². The van der Waals surface area contributed by atoms with Gasteiger partial charge in [0.1, 0.15) is 6.61 Å². The molecule has 0 unspecified atom stereocenters. The molecule has 0 bridgehead atoms. The van der Waals surface area contributed by atoms with Crippen molar-refractivity contribution in [2.75, 3.05) is 11.9 Å². The predicted octanol–water partition coefficient (Wildman–Crippen LogP) is 5.77. The number of halogens is 5. The number of hydrogen-bond donors (Lipinski definition) is 1. The molecule has 9 nitrogen and oxygen atoms in total. The van der Waals surface area contributed by atoms with Gasteiger partial charge in [-0.25, -0.2) is 9.48 Å². The van der Waals surface area contributed by atoms with Crippen molar-refractivity contribution >= 4 is 17.6 Å². The number of amides is 1.